The second-order valence-electron chi connectivity index (χ2n) is 18.1. The summed E-state index contributed by atoms with van der Waals surface area (Å²) in [5.41, 5.74) is 3.05. The van der Waals surface area contributed by atoms with Crippen molar-refractivity contribution in [1.29, 1.82) is 0 Å². The van der Waals surface area contributed by atoms with E-state index < -0.39 is 16.9 Å². The van der Waals surface area contributed by atoms with E-state index in [0.29, 0.717) is 24.9 Å². The number of hydrogen-bond donors (Lipinski definition) is 2. The maximum absolute atomic E-state index is 14.1. The summed E-state index contributed by atoms with van der Waals surface area (Å²) in [5.74, 6) is 2.25. The van der Waals surface area contributed by atoms with E-state index >= 15 is 0 Å². The van der Waals surface area contributed by atoms with Gasteiger partial charge in [-0.15, -0.1) is 6.58 Å². The molecule has 1 aromatic carbocycles. The van der Waals surface area contributed by atoms with Crippen molar-refractivity contribution in [2.75, 3.05) is 37.8 Å². The normalized spacial score (nSPS) is 21.9. The van der Waals surface area contributed by atoms with Gasteiger partial charge in [-0.05, 0) is 55.7 Å². The SMILES string of the molecule is C=C[C@H]1CN2C(S(=O)CCCCCCCCCCCC)CC1C[C@H]2[C@H](OC(=O)NCCCCCCCCCCCCCCCCCC)C1=CCNc2ccc(OC)cc21. The quantitative estimate of drug-likeness (QED) is 0.0532. The average Bonchev–Trinajstić information content (AvgIpc) is 3.26. The van der Waals surface area contributed by atoms with E-state index in [0.717, 1.165) is 73.4 Å². The molecule has 4 unspecified atom stereocenters. The topological polar surface area (TPSA) is 79.9 Å². The van der Waals surface area contributed by atoms with E-state index in [1.54, 1.807) is 7.11 Å². The van der Waals surface area contributed by atoms with Crippen LogP contribution in [0.25, 0.3) is 5.57 Å². The van der Waals surface area contributed by atoms with Crippen LogP contribution in [0.1, 0.15) is 199 Å². The Labute approximate surface area is 364 Å². The molecule has 7 atom stereocenters. The molecule has 0 aromatic heterocycles. The number of piperidine rings is 3. The van der Waals surface area contributed by atoms with Gasteiger partial charge in [0.25, 0.3) is 0 Å². The standard InChI is InChI=1S/C51H87N3O4S/c1-5-8-10-12-14-16-18-19-20-21-22-23-24-26-28-30-35-53-51(55)58-50(45-34-36-52-47-33-32-44(57-4)40-46(45)47)48-38-43-39-49(54(48)41-42(43)7-3)59(56)37-31-29-27-25-17-15-13-11-9-6-2/h7,32-34,40,42-43,48-50,52H,3,5-6,8-31,35-39,41H2,1-2,4H3,(H,53,55)/t42-,43?,48-,49?,50+,59?/m0/s1. The van der Waals surface area contributed by atoms with E-state index in [9.17, 15) is 9.00 Å². The monoisotopic (exact) mass is 838 g/mol. The molecule has 0 radical (unpaired) electrons. The van der Waals surface area contributed by atoms with Crippen molar-refractivity contribution in [3.8, 4) is 5.75 Å². The number of hydrogen-bond acceptors (Lipinski definition) is 6. The minimum Gasteiger partial charge on any atom is -0.497 e. The van der Waals surface area contributed by atoms with Crippen LogP contribution >= 0.6 is 0 Å². The summed E-state index contributed by atoms with van der Waals surface area (Å²) < 4.78 is 26.3. The average molecular weight is 838 g/mol. The van der Waals surface area contributed by atoms with E-state index in [-0.39, 0.29) is 17.5 Å². The molecule has 336 valence electrons. The molecule has 3 fully saturated rings. The molecule has 4 heterocycles. The molecule has 8 heteroatoms. The summed E-state index contributed by atoms with van der Waals surface area (Å²) in [6, 6.07) is 6.03. The Morgan fingerprint density at radius 2 is 1.36 bits per heavy atom. The Morgan fingerprint density at radius 3 is 1.88 bits per heavy atom. The van der Waals surface area contributed by atoms with Crippen LogP contribution in [0.3, 0.4) is 0 Å². The van der Waals surface area contributed by atoms with Crippen LogP contribution in [0.2, 0.25) is 0 Å². The van der Waals surface area contributed by atoms with Gasteiger partial charge in [0, 0.05) is 53.0 Å². The fourth-order valence-electron chi connectivity index (χ4n) is 9.90. The van der Waals surface area contributed by atoms with Crippen LogP contribution in [-0.2, 0) is 15.5 Å². The Hall–Kier alpha value is -2.32. The van der Waals surface area contributed by atoms with Crippen molar-refractivity contribution in [2.45, 2.75) is 211 Å². The lowest BCUT2D eigenvalue weighted by Crippen LogP contribution is -2.63. The number of benzene rings is 1. The largest absolute Gasteiger partial charge is 0.497 e. The first-order chi connectivity index (χ1) is 29.0. The number of amides is 1. The van der Waals surface area contributed by atoms with Gasteiger partial charge >= 0.3 is 6.09 Å². The molecule has 0 saturated carbocycles. The summed E-state index contributed by atoms with van der Waals surface area (Å²) in [7, 11) is 0.720. The third kappa shape index (κ3) is 17.5. The van der Waals surface area contributed by atoms with Gasteiger partial charge in [-0.1, -0.05) is 180 Å². The van der Waals surface area contributed by atoms with Crippen LogP contribution in [0.15, 0.2) is 36.9 Å². The second-order valence-corrected chi connectivity index (χ2v) is 19.8. The number of alkyl carbamates (subject to hydrolysis) is 1. The summed E-state index contributed by atoms with van der Waals surface area (Å²) in [6.07, 6.45) is 39.2. The summed E-state index contributed by atoms with van der Waals surface area (Å²) in [5, 5.41) is 6.60. The summed E-state index contributed by atoms with van der Waals surface area (Å²) in [4.78, 5) is 16.1. The highest BCUT2D eigenvalue weighted by Gasteiger charge is 2.50. The molecule has 59 heavy (non-hydrogen) atoms. The van der Waals surface area contributed by atoms with Gasteiger partial charge in [-0.25, -0.2) is 4.79 Å². The third-order valence-electron chi connectivity index (χ3n) is 13.5. The number of carbonyl (C=O) groups excluding carboxylic acids is 1. The first kappa shape index (κ1) is 49.3. The minimum atomic E-state index is -0.972. The molecule has 0 aliphatic carbocycles. The highest BCUT2D eigenvalue weighted by atomic mass is 32.2. The molecule has 4 aliphatic rings. The number of ether oxygens (including phenoxy) is 2. The van der Waals surface area contributed by atoms with Crippen molar-refractivity contribution in [2.24, 2.45) is 11.8 Å². The second kappa shape index (κ2) is 29.9. The van der Waals surface area contributed by atoms with Gasteiger partial charge < -0.3 is 20.1 Å². The zero-order chi connectivity index (χ0) is 41.9. The van der Waals surface area contributed by atoms with Crippen molar-refractivity contribution >= 4 is 28.2 Å². The molecule has 5 rings (SSSR count). The van der Waals surface area contributed by atoms with Crippen LogP contribution in [0, 0.1) is 11.8 Å². The lowest BCUT2D eigenvalue weighted by molar-refractivity contribution is -0.0419. The van der Waals surface area contributed by atoms with E-state index in [1.165, 1.54) is 141 Å². The smallest absolute Gasteiger partial charge is 0.407 e. The Morgan fingerprint density at radius 1 is 0.814 bits per heavy atom. The number of unbranched alkanes of at least 4 members (excludes halogenated alkanes) is 24. The van der Waals surface area contributed by atoms with Gasteiger partial charge in [0.15, 0.2) is 0 Å². The molecule has 0 spiro atoms. The number of rotatable bonds is 34. The number of methoxy groups -OCH3 is 1. The molecule has 1 aromatic rings. The molecule has 2 bridgehead atoms. The van der Waals surface area contributed by atoms with Crippen LogP contribution in [0.5, 0.6) is 5.75 Å². The predicted molar refractivity (Wildman–Crippen MR) is 253 cm³/mol. The third-order valence-corrected chi connectivity index (χ3v) is 15.3. The lowest BCUT2D eigenvalue weighted by atomic mass is 9.72. The van der Waals surface area contributed by atoms with E-state index in [2.05, 4.69) is 60.2 Å². The number of nitrogens with zero attached hydrogens (tertiary/aromatic N) is 1. The maximum atomic E-state index is 14.1. The Kier molecular flexibility index (Phi) is 25.0. The molecule has 4 aliphatic heterocycles. The van der Waals surface area contributed by atoms with Gasteiger partial charge in [0.05, 0.1) is 18.5 Å². The van der Waals surface area contributed by atoms with Gasteiger partial charge in [0.2, 0.25) is 0 Å². The lowest BCUT2D eigenvalue weighted by Gasteiger charge is -2.55. The fourth-order valence-corrected chi connectivity index (χ4v) is 11.7. The van der Waals surface area contributed by atoms with Gasteiger partial charge in [-0.2, -0.15) is 0 Å². The predicted octanol–water partition coefficient (Wildman–Crippen LogP) is 13.8. The van der Waals surface area contributed by atoms with Gasteiger partial charge in [0.1, 0.15) is 11.9 Å². The van der Waals surface area contributed by atoms with Crippen molar-refractivity contribution in [3.05, 3.63) is 42.5 Å². The summed E-state index contributed by atoms with van der Waals surface area (Å²) in [6.45, 7) is 10.9. The molecule has 1 amide bonds. The Bertz CT molecular complexity index is 1370. The molecular weight excluding hydrogens is 751 g/mol. The maximum Gasteiger partial charge on any atom is 0.407 e. The summed E-state index contributed by atoms with van der Waals surface area (Å²) >= 11 is 0. The highest BCUT2D eigenvalue weighted by Crippen LogP contribution is 2.46. The molecule has 3 saturated heterocycles. The molecular formula is C51H87N3O4S. The minimum absolute atomic E-state index is 0.0279. The number of fused-ring (bicyclic) bond motifs is 4. The van der Waals surface area contributed by atoms with E-state index in [1.807, 2.05) is 6.07 Å². The first-order valence-electron chi connectivity index (χ1n) is 24.8. The zero-order valence-electron chi connectivity index (χ0n) is 38.1. The highest BCUT2D eigenvalue weighted by molar-refractivity contribution is 7.85. The first-order valence-corrected chi connectivity index (χ1v) is 26.2. The molecule has 7 nitrogen and oxygen atoms in total. The number of carbonyl (C=O) groups is 1. The van der Waals surface area contributed by atoms with Gasteiger partial charge in [-0.3, -0.25) is 9.11 Å². The van der Waals surface area contributed by atoms with Crippen molar-refractivity contribution in [3.63, 3.8) is 0 Å². The van der Waals surface area contributed by atoms with Crippen LogP contribution in [0.4, 0.5) is 10.5 Å². The van der Waals surface area contributed by atoms with E-state index in [4.69, 9.17) is 9.47 Å². The Balaban J connectivity index is 1.27. The fraction of sp³-hybridized carbons (Fsp3) is 0.784. The number of nitrogens with one attached hydrogen (secondary N) is 2. The molecule has 2 N–H and O–H groups in total. The van der Waals surface area contributed by atoms with Crippen molar-refractivity contribution < 1.29 is 18.5 Å². The number of anilines is 1. The van der Waals surface area contributed by atoms with Crippen LogP contribution in [-0.4, -0.2) is 65.2 Å². The zero-order valence-corrected chi connectivity index (χ0v) is 38.9. The van der Waals surface area contributed by atoms with Crippen molar-refractivity contribution in [1.82, 2.24) is 10.2 Å². The van der Waals surface area contributed by atoms with Crippen LogP contribution < -0.4 is 15.4 Å².